The molecule has 0 aliphatic carbocycles. The lowest BCUT2D eigenvalue weighted by Gasteiger charge is -2.23. The third-order valence-electron chi connectivity index (χ3n) is 5.32. The van der Waals surface area contributed by atoms with E-state index in [1.165, 1.54) is 6.20 Å². The molecule has 0 N–H and O–H groups in total. The van der Waals surface area contributed by atoms with Crippen molar-refractivity contribution in [3.8, 4) is 0 Å². The number of rotatable bonds is 3. The summed E-state index contributed by atoms with van der Waals surface area (Å²) in [4.78, 5) is 41.9. The Morgan fingerprint density at radius 2 is 2.00 bits per heavy atom. The van der Waals surface area contributed by atoms with Crippen molar-refractivity contribution in [2.75, 3.05) is 19.6 Å². The smallest absolute Gasteiger partial charge is 0.274 e. The van der Waals surface area contributed by atoms with E-state index in [2.05, 4.69) is 15.0 Å². The molecule has 2 aliphatic rings. The first-order valence-corrected chi connectivity index (χ1v) is 8.85. The molecule has 0 aromatic carbocycles. The van der Waals surface area contributed by atoms with Gasteiger partial charge in [0.05, 0.1) is 29.5 Å². The molecule has 4 rings (SSSR count). The first-order valence-electron chi connectivity index (χ1n) is 8.85. The number of aromatic nitrogens is 3. The predicted octanol–water partition coefficient (Wildman–Crippen LogP) is 1.44. The number of aryl methyl sites for hydroxylation is 1. The van der Waals surface area contributed by atoms with E-state index in [1.54, 1.807) is 17.3 Å². The van der Waals surface area contributed by atoms with Crippen molar-refractivity contribution in [2.45, 2.75) is 26.3 Å². The summed E-state index contributed by atoms with van der Waals surface area (Å²) < 4.78 is 0. The van der Waals surface area contributed by atoms with Crippen molar-refractivity contribution in [1.82, 2.24) is 24.8 Å². The lowest BCUT2D eigenvalue weighted by atomic mass is 9.85. The quantitative estimate of drug-likeness (QED) is 0.836. The largest absolute Gasteiger partial charge is 0.336 e. The second-order valence-corrected chi connectivity index (χ2v) is 7.10. The molecule has 7 nitrogen and oxygen atoms in total. The van der Waals surface area contributed by atoms with Crippen LogP contribution in [0.25, 0.3) is 0 Å². The molecule has 0 saturated carbocycles. The van der Waals surface area contributed by atoms with Gasteiger partial charge in [0.2, 0.25) is 5.91 Å². The molecule has 2 saturated heterocycles. The third kappa shape index (κ3) is 2.94. The van der Waals surface area contributed by atoms with Crippen LogP contribution in [0, 0.1) is 12.3 Å². The number of amides is 2. The van der Waals surface area contributed by atoms with Gasteiger partial charge in [-0.1, -0.05) is 6.07 Å². The van der Waals surface area contributed by atoms with Crippen molar-refractivity contribution >= 4 is 11.8 Å². The highest BCUT2D eigenvalue weighted by Crippen LogP contribution is 2.41. The maximum absolute atomic E-state index is 13.0. The molecule has 2 amide bonds. The van der Waals surface area contributed by atoms with Crippen molar-refractivity contribution in [1.29, 1.82) is 0 Å². The molecule has 1 spiro atoms. The Bertz CT molecular complexity index is 824. The van der Waals surface area contributed by atoms with E-state index < -0.39 is 5.41 Å². The minimum absolute atomic E-state index is 0.133. The zero-order valence-electron chi connectivity index (χ0n) is 14.8. The molecule has 2 aliphatic heterocycles. The van der Waals surface area contributed by atoms with E-state index in [1.807, 2.05) is 30.0 Å². The highest BCUT2D eigenvalue weighted by Gasteiger charge is 2.51. The van der Waals surface area contributed by atoms with Crippen molar-refractivity contribution in [2.24, 2.45) is 5.41 Å². The van der Waals surface area contributed by atoms with Gasteiger partial charge in [0, 0.05) is 32.0 Å². The number of hydrogen-bond acceptors (Lipinski definition) is 5. The molecule has 1 atom stereocenters. The summed E-state index contributed by atoms with van der Waals surface area (Å²) in [6.07, 6.45) is 6.32. The number of pyridine rings is 1. The van der Waals surface area contributed by atoms with E-state index in [0.717, 1.165) is 17.8 Å². The topological polar surface area (TPSA) is 79.3 Å². The number of likely N-dealkylation sites (tertiary alicyclic amines) is 2. The van der Waals surface area contributed by atoms with Crippen LogP contribution in [0.2, 0.25) is 0 Å². The molecular weight excluding hydrogens is 330 g/mol. The van der Waals surface area contributed by atoms with E-state index >= 15 is 0 Å². The van der Waals surface area contributed by atoms with E-state index in [4.69, 9.17) is 0 Å². The predicted molar refractivity (Wildman–Crippen MR) is 94.0 cm³/mol. The van der Waals surface area contributed by atoms with Crippen LogP contribution in [0.5, 0.6) is 0 Å². The zero-order chi connectivity index (χ0) is 18.1. The van der Waals surface area contributed by atoms with Gasteiger partial charge in [0.25, 0.3) is 5.91 Å². The Balaban J connectivity index is 1.45. The molecule has 0 radical (unpaired) electrons. The Labute approximate surface area is 152 Å². The minimum Gasteiger partial charge on any atom is -0.336 e. The van der Waals surface area contributed by atoms with Gasteiger partial charge >= 0.3 is 0 Å². The molecule has 4 heterocycles. The van der Waals surface area contributed by atoms with Gasteiger partial charge in [-0.3, -0.25) is 19.6 Å². The summed E-state index contributed by atoms with van der Waals surface area (Å²) in [5.74, 6) is -0.0150. The fraction of sp³-hybridized carbons (Fsp3) is 0.421. The average molecular weight is 351 g/mol. The lowest BCUT2D eigenvalue weighted by Crippen LogP contribution is -2.38. The zero-order valence-corrected chi connectivity index (χ0v) is 14.8. The molecule has 134 valence electrons. The maximum atomic E-state index is 13.0. The molecular formula is C19H21N5O2. The molecule has 0 bridgehead atoms. The normalized spacial score (nSPS) is 22.4. The summed E-state index contributed by atoms with van der Waals surface area (Å²) in [6.45, 7) is 4.11. The van der Waals surface area contributed by atoms with Gasteiger partial charge in [-0.15, -0.1) is 0 Å². The summed E-state index contributed by atoms with van der Waals surface area (Å²) in [5, 5.41) is 0. The fourth-order valence-electron chi connectivity index (χ4n) is 3.82. The fourth-order valence-corrected chi connectivity index (χ4v) is 3.82. The van der Waals surface area contributed by atoms with E-state index in [-0.39, 0.29) is 11.8 Å². The summed E-state index contributed by atoms with van der Waals surface area (Å²) in [5.41, 5.74) is 1.54. The first-order chi connectivity index (χ1) is 12.6. The monoisotopic (exact) mass is 351 g/mol. The average Bonchev–Trinajstić information content (AvgIpc) is 3.23. The van der Waals surface area contributed by atoms with Gasteiger partial charge in [-0.2, -0.15) is 0 Å². The van der Waals surface area contributed by atoms with Crippen molar-refractivity contribution in [3.63, 3.8) is 0 Å². The molecule has 7 heteroatoms. The van der Waals surface area contributed by atoms with Crippen LogP contribution >= 0.6 is 0 Å². The SMILES string of the molecule is Cc1cnc(C(=O)N2CCC3(CCN(Cc4ccccn4)C3=O)C2)cn1. The summed E-state index contributed by atoms with van der Waals surface area (Å²) >= 11 is 0. The Morgan fingerprint density at radius 1 is 1.15 bits per heavy atom. The number of hydrogen-bond donors (Lipinski definition) is 0. The van der Waals surface area contributed by atoms with Gasteiger partial charge in [0.15, 0.2) is 0 Å². The highest BCUT2D eigenvalue weighted by atomic mass is 16.2. The Kier molecular flexibility index (Phi) is 4.14. The molecule has 1 unspecified atom stereocenters. The minimum atomic E-state index is -0.456. The second-order valence-electron chi connectivity index (χ2n) is 7.10. The molecule has 2 aromatic heterocycles. The maximum Gasteiger partial charge on any atom is 0.274 e. The van der Waals surface area contributed by atoms with Crippen LogP contribution in [0.15, 0.2) is 36.8 Å². The van der Waals surface area contributed by atoms with Crippen LogP contribution in [0.3, 0.4) is 0 Å². The lowest BCUT2D eigenvalue weighted by molar-refractivity contribution is -0.135. The van der Waals surface area contributed by atoms with E-state index in [0.29, 0.717) is 38.3 Å². The Hall–Kier alpha value is -2.83. The van der Waals surface area contributed by atoms with Crippen LogP contribution < -0.4 is 0 Å². The standard InChI is InChI=1S/C19H21N5O2/c1-14-10-22-16(11-21-14)17(25)24-9-6-19(13-24)5-8-23(18(19)26)12-15-4-2-3-7-20-15/h2-4,7,10-11H,5-6,8-9,12-13H2,1H3. The number of carbonyl (C=O) groups is 2. The van der Waals surface area contributed by atoms with Crippen LogP contribution in [-0.4, -0.2) is 56.2 Å². The van der Waals surface area contributed by atoms with Gasteiger partial charge in [0.1, 0.15) is 5.69 Å². The number of carbonyl (C=O) groups excluding carboxylic acids is 2. The van der Waals surface area contributed by atoms with E-state index in [9.17, 15) is 9.59 Å². The van der Waals surface area contributed by atoms with Gasteiger partial charge in [-0.25, -0.2) is 4.98 Å². The third-order valence-corrected chi connectivity index (χ3v) is 5.32. The van der Waals surface area contributed by atoms with Gasteiger partial charge < -0.3 is 9.80 Å². The van der Waals surface area contributed by atoms with Crippen LogP contribution in [0.1, 0.15) is 34.7 Å². The van der Waals surface area contributed by atoms with Crippen molar-refractivity contribution < 1.29 is 9.59 Å². The summed E-state index contributed by atoms with van der Waals surface area (Å²) in [6, 6.07) is 5.72. The second kappa shape index (κ2) is 6.48. The molecule has 2 aromatic rings. The van der Waals surface area contributed by atoms with Crippen LogP contribution in [0.4, 0.5) is 0 Å². The first kappa shape index (κ1) is 16.6. The van der Waals surface area contributed by atoms with Gasteiger partial charge in [-0.05, 0) is 31.9 Å². The van der Waals surface area contributed by atoms with Crippen LogP contribution in [-0.2, 0) is 11.3 Å². The molecule has 2 fully saturated rings. The number of nitrogens with zero attached hydrogens (tertiary/aromatic N) is 5. The Morgan fingerprint density at radius 3 is 2.73 bits per heavy atom. The summed E-state index contributed by atoms with van der Waals surface area (Å²) in [7, 11) is 0. The molecule has 26 heavy (non-hydrogen) atoms. The highest BCUT2D eigenvalue weighted by molar-refractivity contribution is 5.94. The van der Waals surface area contributed by atoms with Crippen molar-refractivity contribution in [3.05, 3.63) is 53.9 Å².